The summed E-state index contributed by atoms with van der Waals surface area (Å²) in [5.74, 6) is -0.669. The zero-order valence-electron chi connectivity index (χ0n) is 13.5. The molecule has 1 amide bonds. The lowest BCUT2D eigenvalue weighted by molar-refractivity contribution is -0.116. The second-order valence-electron chi connectivity index (χ2n) is 6.59. The molecule has 0 saturated carbocycles. The Bertz CT molecular complexity index is 777. The maximum absolute atomic E-state index is 13.0. The molecule has 0 bridgehead atoms. The van der Waals surface area contributed by atoms with Crippen molar-refractivity contribution in [3.63, 3.8) is 0 Å². The molecule has 126 valence electrons. The van der Waals surface area contributed by atoms with Gasteiger partial charge in [-0.1, -0.05) is 26.0 Å². The molecule has 6 heteroatoms. The fourth-order valence-corrected chi connectivity index (χ4v) is 3.18. The minimum Gasteiger partial charge on any atom is -0.384 e. The van der Waals surface area contributed by atoms with Crippen LogP contribution in [0.1, 0.15) is 36.8 Å². The molecule has 2 heterocycles. The predicted octanol–water partition coefficient (Wildman–Crippen LogP) is 3.17. The van der Waals surface area contributed by atoms with Crippen molar-refractivity contribution >= 4 is 23.2 Å². The summed E-state index contributed by atoms with van der Waals surface area (Å²) in [5.41, 5.74) is 2.30. The van der Waals surface area contributed by atoms with Gasteiger partial charge in [0.15, 0.2) is 0 Å². The SMILES string of the molecule is CC1(C)CN(C(=O)CCl)c2cc([C@@H](O)c3ccc(F)cc3)cnc21. The van der Waals surface area contributed by atoms with Gasteiger partial charge in [-0.05, 0) is 23.8 Å². The standard InChI is InChI=1S/C18H18ClFN2O2/c1-18(2)10-22(15(23)8-19)14-7-12(9-21-17(14)18)16(24)11-3-5-13(20)6-4-11/h3-7,9,16,24H,8,10H2,1-2H3/t16-/m0/s1. The lowest BCUT2D eigenvalue weighted by atomic mass is 9.90. The topological polar surface area (TPSA) is 53.4 Å². The molecular weight excluding hydrogens is 331 g/mol. The summed E-state index contributed by atoms with van der Waals surface area (Å²) in [7, 11) is 0. The monoisotopic (exact) mass is 348 g/mol. The number of hydrogen-bond donors (Lipinski definition) is 1. The van der Waals surface area contributed by atoms with Crippen molar-refractivity contribution in [2.75, 3.05) is 17.3 Å². The van der Waals surface area contributed by atoms with Crippen molar-refractivity contribution in [1.82, 2.24) is 4.98 Å². The smallest absolute Gasteiger partial charge is 0.241 e. The summed E-state index contributed by atoms with van der Waals surface area (Å²) < 4.78 is 13.0. The molecule has 0 radical (unpaired) electrons. The maximum Gasteiger partial charge on any atom is 0.241 e. The van der Waals surface area contributed by atoms with Crippen molar-refractivity contribution in [3.05, 3.63) is 59.2 Å². The number of amides is 1. The van der Waals surface area contributed by atoms with Crippen LogP contribution >= 0.6 is 11.6 Å². The van der Waals surface area contributed by atoms with E-state index in [9.17, 15) is 14.3 Å². The van der Waals surface area contributed by atoms with Crippen molar-refractivity contribution in [3.8, 4) is 0 Å². The van der Waals surface area contributed by atoms with Gasteiger partial charge in [0.2, 0.25) is 5.91 Å². The second-order valence-corrected chi connectivity index (χ2v) is 6.86. The Morgan fingerprint density at radius 1 is 1.38 bits per heavy atom. The highest BCUT2D eigenvalue weighted by Crippen LogP contribution is 2.40. The van der Waals surface area contributed by atoms with Crippen molar-refractivity contribution in [1.29, 1.82) is 0 Å². The summed E-state index contributed by atoms with van der Waals surface area (Å²) in [5, 5.41) is 10.5. The van der Waals surface area contributed by atoms with E-state index >= 15 is 0 Å². The fourth-order valence-electron chi connectivity index (χ4n) is 3.03. The number of anilines is 1. The van der Waals surface area contributed by atoms with Crippen molar-refractivity contribution in [2.24, 2.45) is 0 Å². The summed E-state index contributed by atoms with van der Waals surface area (Å²) in [6, 6.07) is 7.41. The molecule has 0 fully saturated rings. The number of fused-ring (bicyclic) bond motifs is 1. The number of alkyl halides is 1. The third-order valence-electron chi connectivity index (χ3n) is 4.29. The number of aliphatic hydroxyl groups is 1. The second kappa shape index (κ2) is 6.15. The van der Waals surface area contributed by atoms with Crippen molar-refractivity contribution in [2.45, 2.75) is 25.4 Å². The van der Waals surface area contributed by atoms with E-state index in [4.69, 9.17) is 11.6 Å². The summed E-state index contributed by atoms with van der Waals surface area (Å²) in [4.78, 5) is 18.2. The van der Waals surface area contributed by atoms with E-state index in [0.29, 0.717) is 23.4 Å². The number of halogens is 2. The number of nitrogens with zero attached hydrogens (tertiary/aromatic N) is 2. The highest BCUT2D eigenvalue weighted by molar-refractivity contribution is 6.29. The zero-order valence-corrected chi connectivity index (χ0v) is 14.2. The molecule has 1 atom stereocenters. The minimum absolute atomic E-state index is 0.111. The molecule has 24 heavy (non-hydrogen) atoms. The molecule has 0 aliphatic carbocycles. The molecule has 1 aliphatic rings. The minimum atomic E-state index is -0.944. The van der Waals surface area contributed by atoms with Gasteiger partial charge in [0, 0.05) is 23.7 Å². The van der Waals surface area contributed by atoms with Gasteiger partial charge in [0.1, 0.15) is 17.8 Å². The van der Waals surface area contributed by atoms with E-state index in [1.165, 1.54) is 24.3 Å². The normalized spacial score (nSPS) is 16.8. The molecular formula is C18H18ClFN2O2. The van der Waals surface area contributed by atoms with Gasteiger partial charge < -0.3 is 10.0 Å². The summed E-state index contributed by atoms with van der Waals surface area (Å²) in [6.45, 7) is 4.52. The van der Waals surface area contributed by atoms with Crippen LogP contribution in [0.2, 0.25) is 0 Å². The maximum atomic E-state index is 13.0. The Morgan fingerprint density at radius 2 is 2.04 bits per heavy atom. The van der Waals surface area contributed by atoms with E-state index in [1.54, 1.807) is 17.2 Å². The molecule has 1 aliphatic heterocycles. The van der Waals surface area contributed by atoms with E-state index in [-0.39, 0.29) is 23.0 Å². The number of carbonyl (C=O) groups is 1. The van der Waals surface area contributed by atoms with Crippen LogP contribution in [-0.2, 0) is 10.2 Å². The first-order chi connectivity index (χ1) is 11.3. The Hall–Kier alpha value is -1.98. The zero-order chi connectivity index (χ0) is 17.5. The summed E-state index contributed by atoms with van der Waals surface area (Å²) >= 11 is 5.71. The number of carbonyl (C=O) groups excluding carboxylic acids is 1. The number of benzene rings is 1. The Kier molecular flexibility index (Phi) is 4.32. The molecule has 3 rings (SSSR count). The summed E-state index contributed by atoms with van der Waals surface area (Å²) in [6.07, 6.45) is 0.656. The van der Waals surface area contributed by atoms with Gasteiger partial charge in [0.05, 0.1) is 11.4 Å². The first-order valence-electron chi connectivity index (χ1n) is 7.64. The van der Waals surface area contributed by atoms with Crippen molar-refractivity contribution < 1.29 is 14.3 Å². The predicted molar refractivity (Wildman–Crippen MR) is 90.8 cm³/mol. The third kappa shape index (κ3) is 2.89. The lowest BCUT2D eigenvalue weighted by Gasteiger charge is -2.19. The van der Waals surface area contributed by atoms with E-state index < -0.39 is 6.10 Å². The number of rotatable bonds is 3. The van der Waals surface area contributed by atoms with Crippen LogP contribution in [-0.4, -0.2) is 28.4 Å². The van der Waals surface area contributed by atoms with Gasteiger partial charge in [-0.25, -0.2) is 4.39 Å². The van der Waals surface area contributed by atoms with Crippen LogP contribution in [0.4, 0.5) is 10.1 Å². The first-order valence-corrected chi connectivity index (χ1v) is 8.17. The van der Waals surface area contributed by atoms with Gasteiger partial charge in [0.25, 0.3) is 0 Å². The van der Waals surface area contributed by atoms with Crippen LogP contribution in [0.5, 0.6) is 0 Å². The van der Waals surface area contributed by atoms with Gasteiger partial charge >= 0.3 is 0 Å². The van der Waals surface area contributed by atoms with Gasteiger partial charge in [-0.15, -0.1) is 11.6 Å². The largest absolute Gasteiger partial charge is 0.384 e. The highest BCUT2D eigenvalue weighted by Gasteiger charge is 2.39. The Morgan fingerprint density at radius 3 is 2.67 bits per heavy atom. The average Bonchev–Trinajstić information content (AvgIpc) is 2.85. The molecule has 1 aromatic heterocycles. The number of aliphatic hydroxyl groups excluding tert-OH is 1. The van der Waals surface area contributed by atoms with Crippen LogP contribution < -0.4 is 4.90 Å². The number of aromatic nitrogens is 1. The quantitative estimate of drug-likeness (QED) is 0.867. The fraction of sp³-hybridized carbons (Fsp3) is 0.333. The molecule has 0 spiro atoms. The van der Waals surface area contributed by atoms with Crippen LogP contribution in [0, 0.1) is 5.82 Å². The van der Waals surface area contributed by atoms with E-state index in [2.05, 4.69) is 4.98 Å². The first kappa shape index (κ1) is 16.9. The highest BCUT2D eigenvalue weighted by atomic mass is 35.5. The molecule has 2 aromatic rings. The Balaban J connectivity index is 2.01. The van der Waals surface area contributed by atoms with Crippen LogP contribution in [0.15, 0.2) is 36.5 Å². The molecule has 4 nitrogen and oxygen atoms in total. The van der Waals surface area contributed by atoms with Crippen LogP contribution in [0.3, 0.4) is 0 Å². The number of pyridine rings is 1. The van der Waals surface area contributed by atoms with E-state index in [1.807, 2.05) is 13.8 Å². The Labute approximate surface area is 144 Å². The van der Waals surface area contributed by atoms with Crippen LogP contribution in [0.25, 0.3) is 0 Å². The third-order valence-corrected chi connectivity index (χ3v) is 4.52. The lowest BCUT2D eigenvalue weighted by Crippen LogP contribution is -2.34. The molecule has 0 saturated heterocycles. The van der Waals surface area contributed by atoms with E-state index in [0.717, 1.165) is 5.69 Å². The number of hydrogen-bond acceptors (Lipinski definition) is 3. The molecule has 1 N–H and O–H groups in total. The average molecular weight is 349 g/mol. The van der Waals surface area contributed by atoms with Gasteiger partial charge in [-0.3, -0.25) is 9.78 Å². The molecule has 1 aromatic carbocycles. The van der Waals surface area contributed by atoms with Gasteiger partial charge in [-0.2, -0.15) is 0 Å². The molecule has 0 unspecified atom stereocenters.